The van der Waals surface area contributed by atoms with E-state index in [-0.39, 0.29) is 12.2 Å². The van der Waals surface area contributed by atoms with E-state index in [9.17, 15) is 9.50 Å². The van der Waals surface area contributed by atoms with Crippen molar-refractivity contribution in [2.24, 2.45) is 0 Å². The minimum absolute atomic E-state index is 0.278. The summed E-state index contributed by atoms with van der Waals surface area (Å²) in [5.41, 5.74) is -0.457. The molecule has 0 saturated carbocycles. The van der Waals surface area contributed by atoms with E-state index in [2.05, 4.69) is 10.1 Å². The average molecular weight is 299 g/mol. The Morgan fingerprint density at radius 2 is 2.10 bits per heavy atom. The zero-order valence-electron chi connectivity index (χ0n) is 11.4. The maximum atomic E-state index is 13.6. The molecular weight excluding hydrogens is 283 g/mol. The van der Waals surface area contributed by atoms with Crippen LogP contribution in [0, 0.1) is 5.82 Å². The number of halogens is 2. The van der Waals surface area contributed by atoms with Crippen molar-refractivity contribution in [3.63, 3.8) is 0 Å². The summed E-state index contributed by atoms with van der Waals surface area (Å²) >= 11 is 5.95. The summed E-state index contributed by atoms with van der Waals surface area (Å²) in [6.45, 7) is 3.33. The van der Waals surface area contributed by atoms with Crippen molar-refractivity contribution >= 4 is 11.6 Å². The van der Waals surface area contributed by atoms with Crippen LogP contribution in [-0.2, 0) is 19.3 Å². The van der Waals surface area contributed by atoms with Crippen molar-refractivity contribution in [1.82, 2.24) is 10.1 Å². The lowest BCUT2D eigenvalue weighted by Crippen LogP contribution is -2.22. The molecule has 0 saturated heterocycles. The predicted octanol–water partition coefficient (Wildman–Crippen LogP) is 2.96. The highest BCUT2D eigenvalue weighted by atomic mass is 35.5. The van der Waals surface area contributed by atoms with Crippen LogP contribution in [0.15, 0.2) is 22.7 Å². The lowest BCUT2D eigenvalue weighted by atomic mass is 10.1. The van der Waals surface area contributed by atoms with Gasteiger partial charge in [-0.1, -0.05) is 22.8 Å². The summed E-state index contributed by atoms with van der Waals surface area (Å²) < 4.78 is 18.6. The molecule has 0 bridgehead atoms. The molecule has 0 radical (unpaired) electrons. The quantitative estimate of drug-likeness (QED) is 0.922. The molecule has 1 aromatic heterocycles. The molecule has 6 heteroatoms. The van der Waals surface area contributed by atoms with Crippen LogP contribution in [0.1, 0.15) is 31.1 Å². The van der Waals surface area contributed by atoms with Gasteiger partial charge in [-0.15, -0.1) is 0 Å². The second-order valence-electron chi connectivity index (χ2n) is 5.29. The van der Waals surface area contributed by atoms with E-state index in [0.29, 0.717) is 35.1 Å². The number of aromatic nitrogens is 2. The topological polar surface area (TPSA) is 59.2 Å². The van der Waals surface area contributed by atoms with Crippen LogP contribution in [0.2, 0.25) is 5.02 Å². The van der Waals surface area contributed by atoms with Crippen molar-refractivity contribution < 1.29 is 14.0 Å². The molecule has 0 aliphatic carbocycles. The summed E-state index contributed by atoms with van der Waals surface area (Å²) in [5.74, 6) is 0.508. The molecule has 2 aromatic rings. The minimum atomic E-state index is -0.904. The van der Waals surface area contributed by atoms with Gasteiger partial charge in [0.25, 0.3) is 0 Å². The first kappa shape index (κ1) is 14.9. The van der Waals surface area contributed by atoms with Crippen LogP contribution >= 0.6 is 11.6 Å². The number of aliphatic hydroxyl groups is 1. The first-order valence-corrected chi connectivity index (χ1v) is 6.70. The smallest absolute Gasteiger partial charge is 0.229 e. The molecule has 1 N–H and O–H groups in total. The molecule has 0 fully saturated rings. The Hall–Kier alpha value is -1.46. The fraction of sp³-hybridized carbons (Fsp3) is 0.429. The van der Waals surface area contributed by atoms with E-state index < -0.39 is 5.60 Å². The van der Waals surface area contributed by atoms with Gasteiger partial charge in [-0.2, -0.15) is 4.98 Å². The van der Waals surface area contributed by atoms with Crippen molar-refractivity contribution in [2.75, 3.05) is 0 Å². The number of nitrogens with zero attached hydrogens (tertiary/aromatic N) is 2. The highest BCUT2D eigenvalue weighted by Gasteiger charge is 2.18. The van der Waals surface area contributed by atoms with Crippen molar-refractivity contribution in [3.05, 3.63) is 46.3 Å². The van der Waals surface area contributed by atoms with Crippen LogP contribution in [0.5, 0.6) is 0 Å². The Morgan fingerprint density at radius 1 is 1.35 bits per heavy atom. The van der Waals surface area contributed by atoms with Gasteiger partial charge in [0, 0.05) is 17.0 Å². The Kier molecular flexibility index (Phi) is 4.40. The molecule has 2 rings (SSSR count). The predicted molar refractivity (Wildman–Crippen MR) is 73.1 cm³/mol. The van der Waals surface area contributed by atoms with Gasteiger partial charge >= 0.3 is 0 Å². The first-order chi connectivity index (χ1) is 9.35. The number of rotatable bonds is 5. The van der Waals surface area contributed by atoms with Gasteiger partial charge in [-0.3, -0.25) is 0 Å². The standard InChI is InChI=1S/C14H16ClFN2O2/c1-14(2,19)8-13-17-12(18-20-13)7-6-9-10(15)4-3-5-11(9)16/h3-5,19H,6-8H2,1-2H3. The zero-order valence-corrected chi connectivity index (χ0v) is 12.1. The van der Waals surface area contributed by atoms with E-state index in [4.69, 9.17) is 16.1 Å². The SMILES string of the molecule is CC(C)(O)Cc1nc(CCc2c(F)cccc2Cl)no1. The van der Waals surface area contributed by atoms with Gasteiger partial charge in [-0.05, 0) is 32.4 Å². The lowest BCUT2D eigenvalue weighted by molar-refractivity contribution is 0.0718. The normalized spacial score (nSPS) is 11.8. The molecule has 0 unspecified atom stereocenters. The van der Waals surface area contributed by atoms with Crippen molar-refractivity contribution in [2.45, 2.75) is 38.7 Å². The fourth-order valence-corrected chi connectivity index (χ4v) is 2.10. The number of aryl methyl sites for hydroxylation is 1. The zero-order chi connectivity index (χ0) is 14.8. The molecule has 0 spiro atoms. The van der Waals surface area contributed by atoms with Gasteiger partial charge in [-0.25, -0.2) is 4.39 Å². The summed E-state index contributed by atoms with van der Waals surface area (Å²) in [6.07, 6.45) is 1.10. The Bertz CT molecular complexity index is 573. The van der Waals surface area contributed by atoms with E-state index >= 15 is 0 Å². The minimum Gasteiger partial charge on any atom is -0.390 e. The molecule has 1 aromatic carbocycles. The molecular formula is C14H16ClFN2O2. The Labute approximate surface area is 121 Å². The monoisotopic (exact) mass is 298 g/mol. The van der Waals surface area contributed by atoms with Gasteiger partial charge in [0.15, 0.2) is 5.82 Å². The van der Waals surface area contributed by atoms with Gasteiger partial charge in [0.1, 0.15) is 5.82 Å². The third kappa shape index (κ3) is 4.02. The fourth-order valence-electron chi connectivity index (χ4n) is 1.84. The largest absolute Gasteiger partial charge is 0.390 e. The van der Waals surface area contributed by atoms with Crippen LogP contribution in [0.3, 0.4) is 0 Å². The molecule has 0 atom stereocenters. The van der Waals surface area contributed by atoms with E-state index in [0.717, 1.165) is 0 Å². The van der Waals surface area contributed by atoms with Crippen LogP contribution < -0.4 is 0 Å². The third-order valence-corrected chi connectivity index (χ3v) is 3.11. The van der Waals surface area contributed by atoms with Crippen LogP contribution in [-0.4, -0.2) is 20.8 Å². The Morgan fingerprint density at radius 3 is 2.75 bits per heavy atom. The maximum absolute atomic E-state index is 13.6. The van der Waals surface area contributed by atoms with Crippen LogP contribution in [0.25, 0.3) is 0 Å². The van der Waals surface area contributed by atoms with Gasteiger partial charge < -0.3 is 9.63 Å². The van der Waals surface area contributed by atoms with E-state index in [1.54, 1.807) is 26.0 Å². The van der Waals surface area contributed by atoms with Crippen molar-refractivity contribution in [1.29, 1.82) is 0 Å². The molecule has 108 valence electrons. The number of hydrogen-bond donors (Lipinski definition) is 1. The Balaban J connectivity index is 2.01. The third-order valence-electron chi connectivity index (χ3n) is 2.75. The molecule has 20 heavy (non-hydrogen) atoms. The van der Waals surface area contributed by atoms with E-state index in [1.807, 2.05) is 0 Å². The second-order valence-corrected chi connectivity index (χ2v) is 5.70. The molecule has 0 aliphatic heterocycles. The number of hydrogen-bond acceptors (Lipinski definition) is 4. The average Bonchev–Trinajstić information content (AvgIpc) is 2.73. The van der Waals surface area contributed by atoms with Crippen LogP contribution in [0.4, 0.5) is 4.39 Å². The summed E-state index contributed by atoms with van der Waals surface area (Å²) in [5, 5.41) is 13.9. The number of benzene rings is 1. The molecule has 0 aliphatic rings. The van der Waals surface area contributed by atoms with Gasteiger partial charge in [0.05, 0.1) is 12.0 Å². The second kappa shape index (κ2) is 5.89. The van der Waals surface area contributed by atoms with Gasteiger partial charge in [0.2, 0.25) is 5.89 Å². The summed E-state index contributed by atoms with van der Waals surface area (Å²) in [4.78, 5) is 4.17. The highest BCUT2D eigenvalue weighted by Crippen LogP contribution is 2.20. The van der Waals surface area contributed by atoms with Crippen molar-refractivity contribution in [3.8, 4) is 0 Å². The maximum Gasteiger partial charge on any atom is 0.229 e. The first-order valence-electron chi connectivity index (χ1n) is 6.32. The summed E-state index contributed by atoms with van der Waals surface area (Å²) in [7, 11) is 0. The summed E-state index contributed by atoms with van der Waals surface area (Å²) in [6, 6.07) is 4.59. The molecule has 4 nitrogen and oxygen atoms in total. The lowest BCUT2D eigenvalue weighted by Gasteiger charge is -2.12. The highest BCUT2D eigenvalue weighted by molar-refractivity contribution is 6.31. The molecule has 1 heterocycles. The van der Waals surface area contributed by atoms with E-state index in [1.165, 1.54) is 6.07 Å². The molecule has 0 amide bonds.